The van der Waals surface area contributed by atoms with Crippen molar-refractivity contribution in [2.24, 2.45) is 0 Å². The number of aryl methyl sites for hydroxylation is 1. The summed E-state index contributed by atoms with van der Waals surface area (Å²) in [5, 5.41) is 11.0. The van der Waals surface area contributed by atoms with Gasteiger partial charge in [-0.3, -0.25) is 5.10 Å². The van der Waals surface area contributed by atoms with Gasteiger partial charge in [0.15, 0.2) is 5.82 Å². The molecular weight excluding hydrogens is 330 g/mol. The number of aromatic amines is 1. The van der Waals surface area contributed by atoms with Crippen molar-refractivity contribution in [3.8, 4) is 11.4 Å². The average molecular weight is 350 g/mol. The first-order chi connectivity index (χ1) is 10.0. The topological polar surface area (TPSA) is 56.8 Å². The zero-order valence-electron chi connectivity index (χ0n) is 12.5. The standard InChI is InChI=1S/C15H20BrN5/c1-9-4-5-12(6-13(9)16)14-18-15(20-19-14)21-7-10(2)17-11(3)8-21/h4-6,10-11,17H,7-8H2,1-3H3,(H,18,19,20). The van der Waals surface area contributed by atoms with Crippen molar-refractivity contribution in [3.63, 3.8) is 0 Å². The molecule has 2 aromatic rings. The predicted octanol–water partition coefficient (Wildman–Crippen LogP) is 2.73. The third-order valence-corrected chi connectivity index (χ3v) is 4.61. The molecule has 1 aliphatic heterocycles. The van der Waals surface area contributed by atoms with Gasteiger partial charge in [-0.1, -0.05) is 28.1 Å². The summed E-state index contributed by atoms with van der Waals surface area (Å²) in [6.07, 6.45) is 0. The largest absolute Gasteiger partial charge is 0.336 e. The quantitative estimate of drug-likeness (QED) is 0.875. The molecule has 0 aliphatic carbocycles. The van der Waals surface area contributed by atoms with Crippen LogP contribution in [0.3, 0.4) is 0 Å². The summed E-state index contributed by atoms with van der Waals surface area (Å²) in [4.78, 5) is 6.89. The van der Waals surface area contributed by atoms with E-state index in [0.717, 1.165) is 34.9 Å². The van der Waals surface area contributed by atoms with Crippen molar-refractivity contribution < 1.29 is 0 Å². The summed E-state index contributed by atoms with van der Waals surface area (Å²) in [6.45, 7) is 8.31. The molecule has 1 fully saturated rings. The van der Waals surface area contributed by atoms with Gasteiger partial charge in [0, 0.05) is 35.2 Å². The van der Waals surface area contributed by atoms with E-state index in [2.05, 4.69) is 80.3 Å². The van der Waals surface area contributed by atoms with E-state index in [1.54, 1.807) is 0 Å². The normalized spacial score (nSPS) is 22.6. The summed E-state index contributed by atoms with van der Waals surface area (Å²) in [6, 6.07) is 7.11. The van der Waals surface area contributed by atoms with Crippen LogP contribution in [-0.2, 0) is 0 Å². The lowest BCUT2D eigenvalue weighted by Crippen LogP contribution is -2.54. The fourth-order valence-corrected chi connectivity index (χ4v) is 3.13. The van der Waals surface area contributed by atoms with Crippen LogP contribution < -0.4 is 10.2 Å². The number of anilines is 1. The molecule has 0 saturated carbocycles. The van der Waals surface area contributed by atoms with E-state index in [1.165, 1.54) is 5.56 Å². The van der Waals surface area contributed by atoms with Crippen LogP contribution in [0.1, 0.15) is 19.4 Å². The van der Waals surface area contributed by atoms with Gasteiger partial charge in [-0.2, -0.15) is 4.98 Å². The highest BCUT2D eigenvalue weighted by molar-refractivity contribution is 9.10. The molecule has 5 nitrogen and oxygen atoms in total. The van der Waals surface area contributed by atoms with Crippen molar-refractivity contribution in [2.75, 3.05) is 18.0 Å². The maximum atomic E-state index is 4.65. The number of H-pyrrole nitrogens is 1. The van der Waals surface area contributed by atoms with Gasteiger partial charge < -0.3 is 10.2 Å². The van der Waals surface area contributed by atoms with Crippen molar-refractivity contribution >= 4 is 21.9 Å². The Morgan fingerprint density at radius 3 is 2.62 bits per heavy atom. The molecule has 2 heterocycles. The first kappa shape index (κ1) is 14.5. The maximum Gasteiger partial charge on any atom is 0.245 e. The zero-order chi connectivity index (χ0) is 15.0. The Morgan fingerprint density at radius 1 is 1.24 bits per heavy atom. The van der Waals surface area contributed by atoms with E-state index in [0.29, 0.717) is 12.1 Å². The highest BCUT2D eigenvalue weighted by Gasteiger charge is 2.23. The number of hydrogen-bond donors (Lipinski definition) is 2. The fourth-order valence-electron chi connectivity index (χ4n) is 2.75. The van der Waals surface area contributed by atoms with E-state index < -0.39 is 0 Å². The highest BCUT2D eigenvalue weighted by Crippen LogP contribution is 2.24. The van der Waals surface area contributed by atoms with Crippen LogP contribution in [0.2, 0.25) is 0 Å². The van der Waals surface area contributed by atoms with Crippen LogP contribution in [0.5, 0.6) is 0 Å². The van der Waals surface area contributed by atoms with Crippen molar-refractivity contribution in [1.29, 1.82) is 0 Å². The minimum atomic E-state index is 0.448. The van der Waals surface area contributed by atoms with Gasteiger partial charge in [0.25, 0.3) is 0 Å². The number of hydrogen-bond acceptors (Lipinski definition) is 4. The smallest absolute Gasteiger partial charge is 0.245 e. The van der Waals surface area contributed by atoms with Gasteiger partial charge in [-0.15, -0.1) is 5.10 Å². The third-order valence-electron chi connectivity index (χ3n) is 3.76. The second-order valence-corrected chi connectivity index (χ2v) is 6.68. The predicted molar refractivity (Wildman–Crippen MR) is 88.5 cm³/mol. The Kier molecular flexibility index (Phi) is 3.99. The lowest BCUT2D eigenvalue weighted by atomic mass is 10.1. The summed E-state index contributed by atoms with van der Waals surface area (Å²) in [7, 11) is 0. The molecule has 2 atom stereocenters. The van der Waals surface area contributed by atoms with Gasteiger partial charge in [0.1, 0.15) is 0 Å². The Bertz CT molecular complexity index is 629. The molecular formula is C15H20BrN5. The zero-order valence-corrected chi connectivity index (χ0v) is 14.1. The Balaban J connectivity index is 1.84. The fraction of sp³-hybridized carbons (Fsp3) is 0.467. The molecule has 21 heavy (non-hydrogen) atoms. The summed E-state index contributed by atoms with van der Waals surface area (Å²) >= 11 is 3.56. The monoisotopic (exact) mass is 349 g/mol. The SMILES string of the molecule is Cc1ccc(-c2nc(N3CC(C)NC(C)C3)n[nH]2)cc1Br. The van der Waals surface area contributed by atoms with Crippen LogP contribution in [0.15, 0.2) is 22.7 Å². The van der Waals surface area contributed by atoms with E-state index in [4.69, 9.17) is 0 Å². The van der Waals surface area contributed by atoms with Gasteiger partial charge in [0.2, 0.25) is 5.95 Å². The Morgan fingerprint density at radius 2 is 1.95 bits per heavy atom. The number of piperazine rings is 1. The van der Waals surface area contributed by atoms with Gasteiger partial charge >= 0.3 is 0 Å². The van der Waals surface area contributed by atoms with Crippen molar-refractivity contribution in [3.05, 3.63) is 28.2 Å². The number of rotatable bonds is 2. The highest BCUT2D eigenvalue weighted by atomic mass is 79.9. The lowest BCUT2D eigenvalue weighted by Gasteiger charge is -2.35. The van der Waals surface area contributed by atoms with Crippen LogP contribution >= 0.6 is 15.9 Å². The van der Waals surface area contributed by atoms with Crippen LogP contribution in [0.4, 0.5) is 5.95 Å². The van der Waals surface area contributed by atoms with Crippen molar-refractivity contribution in [1.82, 2.24) is 20.5 Å². The number of nitrogens with one attached hydrogen (secondary N) is 2. The van der Waals surface area contributed by atoms with Gasteiger partial charge in [-0.05, 0) is 32.4 Å². The average Bonchev–Trinajstić information content (AvgIpc) is 2.90. The first-order valence-corrected chi connectivity index (χ1v) is 8.02. The molecule has 1 aromatic heterocycles. The summed E-state index contributed by atoms with van der Waals surface area (Å²) < 4.78 is 1.09. The van der Waals surface area contributed by atoms with Gasteiger partial charge in [-0.25, -0.2) is 0 Å². The molecule has 1 saturated heterocycles. The van der Waals surface area contributed by atoms with Crippen LogP contribution in [0, 0.1) is 6.92 Å². The van der Waals surface area contributed by atoms with E-state index >= 15 is 0 Å². The molecule has 3 rings (SSSR count). The summed E-state index contributed by atoms with van der Waals surface area (Å²) in [5.41, 5.74) is 2.26. The van der Waals surface area contributed by atoms with Crippen molar-refractivity contribution in [2.45, 2.75) is 32.9 Å². The number of halogens is 1. The molecule has 1 aliphatic rings. The molecule has 2 unspecified atom stereocenters. The van der Waals surface area contributed by atoms with E-state index in [9.17, 15) is 0 Å². The second kappa shape index (κ2) is 5.77. The van der Waals surface area contributed by atoms with Gasteiger partial charge in [0.05, 0.1) is 0 Å². The minimum Gasteiger partial charge on any atom is -0.336 e. The molecule has 2 N–H and O–H groups in total. The number of aromatic nitrogens is 3. The first-order valence-electron chi connectivity index (χ1n) is 7.23. The second-order valence-electron chi connectivity index (χ2n) is 5.82. The molecule has 112 valence electrons. The van der Waals surface area contributed by atoms with Crippen LogP contribution in [0.25, 0.3) is 11.4 Å². The van der Waals surface area contributed by atoms with E-state index in [1.807, 2.05) is 0 Å². The molecule has 0 radical (unpaired) electrons. The Hall–Kier alpha value is -1.40. The minimum absolute atomic E-state index is 0.448. The number of nitrogens with zero attached hydrogens (tertiary/aromatic N) is 3. The number of benzene rings is 1. The molecule has 0 spiro atoms. The maximum absolute atomic E-state index is 4.65. The lowest BCUT2D eigenvalue weighted by molar-refractivity contribution is 0.403. The molecule has 0 amide bonds. The Labute approximate surface area is 133 Å². The van der Waals surface area contributed by atoms with Crippen LogP contribution in [-0.4, -0.2) is 40.4 Å². The molecule has 6 heteroatoms. The van der Waals surface area contributed by atoms with E-state index in [-0.39, 0.29) is 0 Å². The molecule has 1 aromatic carbocycles. The summed E-state index contributed by atoms with van der Waals surface area (Å²) in [5.74, 6) is 1.59. The third kappa shape index (κ3) is 3.11. The molecule has 0 bridgehead atoms.